The third-order valence-corrected chi connectivity index (χ3v) is 2.87. The van der Waals surface area contributed by atoms with Crippen LogP contribution in [0.3, 0.4) is 0 Å². The number of halogens is 1. The lowest BCUT2D eigenvalue weighted by molar-refractivity contribution is 0.415. The Morgan fingerprint density at radius 2 is 2.25 bits per heavy atom. The van der Waals surface area contributed by atoms with Gasteiger partial charge in [-0.3, -0.25) is 5.41 Å². The van der Waals surface area contributed by atoms with E-state index < -0.39 is 0 Å². The second-order valence-corrected chi connectivity index (χ2v) is 3.90. The number of fused-ring (bicyclic) bond motifs is 1. The van der Waals surface area contributed by atoms with Gasteiger partial charge in [-0.2, -0.15) is 0 Å². The number of hydrogen-bond donors (Lipinski definition) is 1. The van der Waals surface area contributed by atoms with Gasteiger partial charge < -0.3 is 9.30 Å². The molecule has 0 saturated heterocycles. The van der Waals surface area contributed by atoms with Crippen LogP contribution in [0.1, 0.15) is 12.5 Å². The van der Waals surface area contributed by atoms with Gasteiger partial charge in [-0.15, -0.1) is 0 Å². The van der Waals surface area contributed by atoms with Gasteiger partial charge in [0.25, 0.3) is 0 Å². The summed E-state index contributed by atoms with van der Waals surface area (Å²) in [4.78, 5) is 0. The molecule has 0 fully saturated rings. The summed E-state index contributed by atoms with van der Waals surface area (Å²) in [5.41, 5.74) is 1.81. The first-order chi connectivity index (χ1) is 7.67. The smallest absolute Gasteiger partial charge is 0.130 e. The van der Waals surface area contributed by atoms with Crippen LogP contribution in [-0.2, 0) is 6.54 Å². The van der Waals surface area contributed by atoms with Crippen LogP contribution < -0.4 is 4.74 Å². The SMILES string of the molecule is CCn1cc(C(=N)Cl)c2ccc(OC)cc21. The first-order valence-electron chi connectivity index (χ1n) is 5.08. The van der Waals surface area contributed by atoms with Crippen LogP contribution in [-0.4, -0.2) is 16.8 Å². The zero-order valence-corrected chi connectivity index (χ0v) is 10.0. The van der Waals surface area contributed by atoms with Crippen LogP contribution in [0, 0.1) is 5.41 Å². The average Bonchev–Trinajstić information content (AvgIpc) is 2.66. The normalized spacial score (nSPS) is 10.7. The number of rotatable bonds is 3. The van der Waals surface area contributed by atoms with Crippen LogP contribution in [0.5, 0.6) is 5.75 Å². The molecule has 0 atom stereocenters. The van der Waals surface area contributed by atoms with Gasteiger partial charge in [0.15, 0.2) is 0 Å². The highest BCUT2D eigenvalue weighted by Gasteiger charge is 2.10. The molecule has 1 aromatic heterocycles. The molecule has 0 aliphatic carbocycles. The Hall–Kier alpha value is -1.48. The van der Waals surface area contributed by atoms with Gasteiger partial charge in [-0.05, 0) is 19.1 Å². The highest BCUT2D eigenvalue weighted by atomic mass is 35.5. The maximum atomic E-state index is 7.53. The molecule has 0 spiro atoms. The number of aryl methyl sites for hydroxylation is 1. The predicted molar refractivity (Wildman–Crippen MR) is 66.8 cm³/mol. The summed E-state index contributed by atoms with van der Waals surface area (Å²) in [6, 6.07) is 5.78. The summed E-state index contributed by atoms with van der Waals surface area (Å²) in [5, 5.41) is 8.59. The predicted octanol–water partition coefficient (Wildman–Crippen LogP) is 3.23. The molecule has 0 bridgehead atoms. The molecule has 0 unspecified atom stereocenters. The summed E-state index contributed by atoms with van der Waals surface area (Å²) in [7, 11) is 1.64. The molecule has 0 saturated carbocycles. The van der Waals surface area contributed by atoms with E-state index in [4.69, 9.17) is 21.7 Å². The van der Waals surface area contributed by atoms with Crippen molar-refractivity contribution in [3.63, 3.8) is 0 Å². The number of nitrogens with one attached hydrogen (secondary N) is 1. The number of ether oxygens (including phenoxy) is 1. The van der Waals surface area contributed by atoms with Gasteiger partial charge in [0, 0.05) is 29.8 Å². The molecule has 16 heavy (non-hydrogen) atoms. The maximum absolute atomic E-state index is 7.53. The van der Waals surface area contributed by atoms with Crippen molar-refractivity contribution in [2.45, 2.75) is 13.5 Å². The Morgan fingerprint density at radius 3 is 2.81 bits per heavy atom. The molecule has 1 aromatic carbocycles. The van der Waals surface area contributed by atoms with Gasteiger partial charge in [0.05, 0.1) is 12.6 Å². The topological polar surface area (TPSA) is 38.0 Å². The molecule has 1 N–H and O–H groups in total. The molecule has 2 rings (SSSR count). The van der Waals surface area contributed by atoms with Crippen molar-refractivity contribution >= 4 is 27.7 Å². The zero-order valence-electron chi connectivity index (χ0n) is 9.25. The third-order valence-electron chi connectivity index (χ3n) is 2.67. The van der Waals surface area contributed by atoms with Crippen LogP contribution in [0.4, 0.5) is 0 Å². The highest BCUT2D eigenvalue weighted by molar-refractivity contribution is 6.69. The molecule has 1 heterocycles. The van der Waals surface area contributed by atoms with E-state index in [0.717, 1.165) is 28.8 Å². The van der Waals surface area contributed by atoms with Crippen molar-refractivity contribution in [3.8, 4) is 5.75 Å². The van der Waals surface area contributed by atoms with E-state index in [1.165, 1.54) is 0 Å². The van der Waals surface area contributed by atoms with E-state index in [1.54, 1.807) is 7.11 Å². The van der Waals surface area contributed by atoms with Crippen molar-refractivity contribution in [3.05, 3.63) is 30.0 Å². The Balaban J connectivity index is 2.74. The molecule has 3 nitrogen and oxygen atoms in total. The first kappa shape index (κ1) is 11.0. The quantitative estimate of drug-likeness (QED) is 0.817. The Labute approximate surface area is 99.1 Å². The molecule has 0 aliphatic rings. The largest absolute Gasteiger partial charge is 0.497 e. The van der Waals surface area contributed by atoms with E-state index in [9.17, 15) is 0 Å². The van der Waals surface area contributed by atoms with E-state index in [0.29, 0.717) is 0 Å². The van der Waals surface area contributed by atoms with Crippen molar-refractivity contribution in [1.29, 1.82) is 5.41 Å². The molecule has 84 valence electrons. The summed E-state index contributed by atoms with van der Waals surface area (Å²) in [5.74, 6) is 0.813. The molecule has 4 heteroatoms. The Kier molecular flexibility index (Phi) is 2.88. The van der Waals surface area contributed by atoms with Crippen molar-refractivity contribution in [2.24, 2.45) is 0 Å². The fraction of sp³-hybridized carbons (Fsp3) is 0.250. The minimum atomic E-state index is 0.0716. The van der Waals surface area contributed by atoms with E-state index in [-0.39, 0.29) is 5.17 Å². The summed E-state index contributed by atoms with van der Waals surface area (Å²) < 4.78 is 7.25. The summed E-state index contributed by atoms with van der Waals surface area (Å²) >= 11 is 5.76. The lowest BCUT2D eigenvalue weighted by Crippen LogP contribution is -1.91. The summed E-state index contributed by atoms with van der Waals surface area (Å²) in [6.45, 7) is 2.90. The fourth-order valence-electron chi connectivity index (χ4n) is 1.84. The number of hydrogen-bond acceptors (Lipinski definition) is 2. The van der Waals surface area contributed by atoms with Crippen LogP contribution in [0.2, 0.25) is 0 Å². The Morgan fingerprint density at radius 1 is 1.50 bits per heavy atom. The second-order valence-electron chi connectivity index (χ2n) is 3.53. The van der Waals surface area contributed by atoms with Gasteiger partial charge >= 0.3 is 0 Å². The lowest BCUT2D eigenvalue weighted by atomic mass is 10.2. The number of benzene rings is 1. The lowest BCUT2D eigenvalue weighted by Gasteiger charge is -2.03. The van der Waals surface area contributed by atoms with Crippen molar-refractivity contribution < 1.29 is 4.74 Å². The van der Waals surface area contributed by atoms with Gasteiger partial charge in [-0.25, -0.2) is 0 Å². The van der Waals surface area contributed by atoms with E-state index in [1.807, 2.05) is 24.4 Å². The second kappa shape index (κ2) is 4.18. The van der Waals surface area contributed by atoms with Gasteiger partial charge in [-0.1, -0.05) is 11.6 Å². The van der Waals surface area contributed by atoms with E-state index >= 15 is 0 Å². The van der Waals surface area contributed by atoms with Gasteiger partial charge in [0.2, 0.25) is 0 Å². The third kappa shape index (κ3) is 1.67. The van der Waals surface area contributed by atoms with Gasteiger partial charge in [0.1, 0.15) is 10.9 Å². The Bertz CT molecular complexity index is 545. The average molecular weight is 237 g/mol. The minimum absolute atomic E-state index is 0.0716. The van der Waals surface area contributed by atoms with Crippen molar-refractivity contribution in [2.75, 3.05) is 7.11 Å². The number of methoxy groups -OCH3 is 1. The molecular formula is C12H13ClN2O. The summed E-state index contributed by atoms with van der Waals surface area (Å²) in [6.07, 6.45) is 1.90. The maximum Gasteiger partial charge on any atom is 0.130 e. The number of nitrogens with zero attached hydrogens (tertiary/aromatic N) is 1. The molecular weight excluding hydrogens is 224 g/mol. The van der Waals surface area contributed by atoms with Crippen LogP contribution in [0.25, 0.3) is 10.9 Å². The van der Waals surface area contributed by atoms with Crippen LogP contribution in [0.15, 0.2) is 24.4 Å². The van der Waals surface area contributed by atoms with E-state index in [2.05, 4.69) is 11.5 Å². The molecule has 0 amide bonds. The zero-order chi connectivity index (χ0) is 11.7. The van der Waals surface area contributed by atoms with Crippen molar-refractivity contribution in [1.82, 2.24) is 4.57 Å². The fourth-order valence-corrected chi connectivity index (χ4v) is 1.99. The minimum Gasteiger partial charge on any atom is -0.497 e. The molecule has 0 aliphatic heterocycles. The highest BCUT2D eigenvalue weighted by Crippen LogP contribution is 2.26. The molecule has 0 radical (unpaired) electrons. The standard InChI is InChI=1S/C12H13ClN2O/c1-3-15-7-10(12(13)14)9-5-4-8(16-2)6-11(9)15/h4-7,14H,3H2,1-2H3. The monoisotopic (exact) mass is 236 g/mol. The number of aromatic nitrogens is 1. The van der Waals surface area contributed by atoms with Crippen LogP contribution >= 0.6 is 11.6 Å². The molecule has 2 aromatic rings. The first-order valence-corrected chi connectivity index (χ1v) is 5.46.